The van der Waals surface area contributed by atoms with Gasteiger partial charge in [0.25, 0.3) is 5.69 Å². The molecule has 2 aromatic rings. The fourth-order valence-electron chi connectivity index (χ4n) is 2.03. The van der Waals surface area contributed by atoms with E-state index in [1.807, 2.05) is 0 Å². The smallest absolute Gasteiger partial charge is 0.870 e. The molecule has 0 amide bonds. The summed E-state index contributed by atoms with van der Waals surface area (Å²) in [6.07, 6.45) is 0. The number of non-ortho nitro benzene ring substituents is 1. The summed E-state index contributed by atoms with van der Waals surface area (Å²) in [7, 11) is -5.35. The molecule has 0 spiro atoms. The molecule has 0 unspecified atom stereocenters. The van der Waals surface area contributed by atoms with E-state index in [4.69, 9.17) is 0 Å². The zero-order chi connectivity index (χ0) is 21.8. The van der Waals surface area contributed by atoms with Crippen molar-refractivity contribution < 1.29 is 85.3 Å². The summed E-state index contributed by atoms with van der Waals surface area (Å²) >= 11 is 0. The first-order chi connectivity index (χ1) is 13.5. The van der Waals surface area contributed by atoms with Gasteiger partial charge >= 0.3 is 46.9 Å². The maximum atomic E-state index is 12.2. The van der Waals surface area contributed by atoms with Gasteiger partial charge < -0.3 is 25.6 Å². The Kier molecular flexibility index (Phi) is 13.2. The van der Waals surface area contributed by atoms with Crippen molar-refractivity contribution in [3.63, 3.8) is 0 Å². The molecule has 0 saturated heterocycles. The Balaban J connectivity index is 0. The second-order valence-electron chi connectivity index (χ2n) is 5.43. The standard InChI is InChI=1S/C16H14N4O8S.Cr.Na.H2O/c1-9(21)14(16(23)17-10-5-3-2-4-6-10)19-18-12-7-11(20(24)25)8-13(15(12)22)29(26,27)28;;;/h2-8,17,22-23H,1H3,(H,26,27,28);;;1H2/q;+3;+1;/p-4/b16-14+,19-18?;;;. The Morgan fingerprint density at radius 2 is 1.72 bits per heavy atom. The number of nitrogens with one attached hydrogen (secondary N) is 1. The van der Waals surface area contributed by atoms with Crippen molar-refractivity contribution in [3.8, 4) is 5.75 Å². The average Bonchev–Trinajstić information content (AvgIpc) is 2.62. The quantitative estimate of drug-likeness (QED) is 0.0795. The summed E-state index contributed by atoms with van der Waals surface area (Å²) in [5.74, 6) is -3.29. The Morgan fingerprint density at radius 3 is 2.19 bits per heavy atom. The van der Waals surface area contributed by atoms with Crippen LogP contribution in [0, 0.1) is 10.1 Å². The van der Waals surface area contributed by atoms with Gasteiger partial charge in [0.1, 0.15) is 15.8 Å². The van der Waals surface area contributed by atoms with Crippen LogP contribution < -0.4 is 45.1 Å². The predicted octanol–water partition coefficient (Wildman–Crippen LogP) is -2.29. The van der Waals surface area contributed by atoms with Gasteiger partial charge in [0.05, 0.1) is 15.5 Å². The molecule has 0 fully saturated rings. The molecular formula is C16H12CrN4NaO9S. The third kappa shape index (κ3) is 8.30. The normalized spacial score (nSPS) is 11.3. The number of rotatable bonds is 7. The summed E-state index contributed by atoms with van der Waals surface area (Å²) in [6, 6.07) is 8.81. The third-order valence-corrected chi connectivity index (χ3v) is 4.18. The van der Waals surface area contributed by atoms with Crippen LogP contribution >= 0.6 is 0 Å². The average molecular weight is 511 g/mol. The number of nitrogens with zero attached hydrogens (tertiary/aromatic N) is 3. The third-order valence-electron chi connectivity index (χ3n) is 3.34. The summed E-state index contributed by atoms with van der Waals surface area (Å²) < 4.78 is 33.5. The van der Waals surface area contributed by atoms with E-state index in [0.717, 1.165) is 6.92 Å². The first-order valence-electron chi connectivity index (χ1n) is 7.62. The van der Waals surface area contributed by atoms with Crippen LogP contribution in [0.2, 0.25) is 0 Å². The number of benzene rings is 2. The minimum Gasteiger partial charge on any atom is -0.870 e. The maximum absolute atomic E-state index is 12.2. The molecule has 0 saturated carbocycles. The predicted molar refractivity (Wildman–Crippen MR) is 94.7 cm³/mol. The number of anilines is 1. The number of hydrogen-bond acceptors (Lipinski definition) is 12. The molecule has 2 rings (SSSR count). The molecule has 0 aliphatic heterocycles. The van der Waals surface area contributed by atoms with Gasteiger partial charge in [0.15, 0.2) is 5.78 Å². The first-order valence-corrected chi connectivity index (χ1v) is 9.03. The van der Waals surface area contributed by atoms with E-state index in [1.54, 1.807) is 18.2 Å². The Labute approximate surface area is 214 Å². The topological polar surface area (TPSA) is 230 Å². The largest absolute Gasteiger partial charge is 3.00 e. The monoisotopic (exact) mass is 511 g/mol. The molecule has 16 heteroatoms. The molecule has 13 nitrogen and oxygen atoms in total. The van der Waals surface area contributed by atoms with Gasteiger partial charge in [-0.15, -0.1) is 5.11 Å². The van der Waals surface area contributed by atoms with Crippen LogP contribution in [0.3, 0.4) is 0 Å². The van der Waals surface area contributed by atoms with Crippen molar-refractivity contribution in [3.05, 3.63) is 64.2 Å². The van der Waals surface area contributed by atoms with E-state index >= 15 is 0 Å². The van der Waals surface area contributed by atoms with Crippen LogP contribution in [0.1, 0.15) is 6.92 Å². The molecular weight excluding hydrogens is 499 g/mol. The summed E-state index contributed by atoms with van der Waals surface area (Å²) in [6.45, 7) is 0.984. The zero-order valence-corrected chi connectivity index (χ0v) is 20.5. The number of carbonyl (C=O) groups is 1. The van der Waals surface area contributed by atoms with Crippen molar-refractivity contribution in [2.24, 2.45) is 10.2 Å². The number of carbonyl (C=O) groups excluding carboxylic acids is 1. The Bertz CT molecular complexity index is 1140. The van der Waals surface area contributed by atoms with Gasteiger partial charge in [-0.3, -0.25) is 14.9 Å². The van der Waals surface area contributed by atoms with Gasteiger partial charge in [-0.1, -0.05) is 23.9 Å². The van der Waals surface area contributed by atoms with E-state index in [9.17, 15) is 38.1 Å². The van der Waals surface area contributed by atoms with E-state index in [1.165, 1.54) is 12.1 Å². The molecule has 0 aromatic heterocycles. The molecule has 163 valence electrons. The van der Waals surface area contributed by atoms with Crippen molar-refractivity contribution in [1.82, 2.24) is 0 Å². The van der Waals surface area contributed by atoms with Crippen LogP contribution in [0.15, 0.2) is 69.2 Å². The van der Waals surface area contributed by atoms with Crippen molar-refractivity contribution in [2.45, 2.75) is 11.8 Å². The molecule has 2 N–H and O–H groups in total. The van der Waals surface area contributed by atoms with Gasteiger partial charge in [-0.2, -0.15) is 5.11 Å². The molecule has 2 aromatic carbocycles. The second-order valence-corrected chi connectivity index (χ2v) is 6.78. The molecule has 0 aliphatic carbocycles. The number of hydrogen-bond donors (Lipinski definition) is 1. The van der Waals surface area contributed by atoms with E-state index in [0.29, 0.717) is 17.8 Å². The fourth-order valence-corrected chi connectivity index (χ4v) is 2.63. The summed E-state index contributed by atoms with van der Waals surface area (Å²) in [5, 5.41) is 44.2. The van der Waals surface area contributed by atoms with E-state index < -0.39 is 54.4 Å². The number of azo groups is 1. The van der Waals surface area contributed by atoms with Crippen LogP contribution in [-0.4, -0.2) is 29.2 Å². The van der Waals surface area contributed by atoms with Crippen LogP contribution in [0.5, 0.6) is 5.75 Å². The number of Topliss-reactive ketones (excluding diaryl/α,β-unsaturated/α-hetero) is 1. The maximum Gasteiger partial charge on any atom is 3.00 e. The Morgan fingerprint density at radius 1 is 1.16 bits per heavy atom. The minimum atomic E-state index is -5.35. The molecule has 1 radical (unpaired) electrons. The van der Waals surface area contributed by atoms with Crippen molar-refractivity contribution in [1.29, 1.82) is 0 Å². The van der Waals surface area contributed by atoms with Gasteiger partial charge in [0, 0.05) is 24.7 Å². The number of nitro benzene ring substituents is 1. The zero-order valence-electron chi connectivity index (χ0n) is 16.4. The number of allylic oxidation sites excluding steroid dienone is 1. The summed E-state index contributed by atoms with van der Waals surface area (Å²) in [4.78, 5) is 20.2. The van der Waals surface area contributed by atoms with Crippen molar-refractivity contribution >= 4 is 33.0 Å². The van der Waals surface area contributed by atoms with E-state index in [2.05, 4.69) is 15.5 Å². The molecule has 0 aliphatic rings. The van der Waals surface area contributed by atoms with Crippen LogP contribution in [0.25, 0.3) is 0 Å². The van der Waals surface area contributed by atoms with Crippen molar-refractivity contribution in [2.75, 3.05) is 5.32 Å². The van der Waals surface area contributed by atoms with Crippen LogP contribution in [0.4, 0.5) is 17.1 Å². The number of ketones is 1. The fraction of sp³-hybridized carbons (Fsp3) is 0.0625. The molecule has 0 atom stereocenters. The number of para-hydroxylation sites is 1. The first kappa shape index (κ1) is 31.8. The van der Waals surface area contributed by atoms with Gasteiger partial charge in [0.2, 0.25) is 0 Å². The van der Waals surface area contributed by atoms with Crippen LogP contribution in [-0.2, 0) is 32.3 Å². The van der Waals surface area contributed by atoms with Gasteiger partial charge in [-0.05, 0) is 18.0 Å². The molecule has 0 bridgehead atoms. The van der Waals surface area contributed by atoms with E-state index in [-0.39, 0.29) is 52.4 Å². The Hall–Kier alpha value is -2.35. The molecule has 32 heavy (non-hydrogen) atoms. The minimum absolute atomic E-state index is 0. The second kappa shape index (κ2) is 13.3. The number of nitro groups is 1. The molecule has 0 heterocycles. The summed E-state index contributed by atoms with van der Waals surface area (Å²) in [5.41, 5.74) is -2.25. The SMILES string of the molecule is CC(=O)/C(N=Nc1cc([N+](=O)[O-])cc(S(=O)(=O)[O-])c1[O-])=C(\[O-])Nc1ccccc1.[Cr+3].[Na+].[OH-]. The van der Waals surface area contributed by atoms with Gasteiger partial charge in [-0.25, -0.2) is 8.42 Å².